The Morgan fingerprint density at radius 3 is 2.65 bits per heavy atom. The molecular weight excluding hydrogens is 455 g/mol. The maximum atomic E-state index is 15.2. The number of aliphatic hydroxyl groups is 1. The first kappa shape index (κ1) is 22.5. The van der Waals surface area contributed by atoms with E-state index in [-0.39, 0.29) is 12.4 Å². The number of aromatic nitrogens is 1. The normalized spacial score (nSPS) is 18.2. The number of pyridine rings is 1. The van der Waals surface area contributed by atoms with Gasteiger partial charge >= 0.3 is 0 Å². The van der Waals surface area contributed by atoms with Crippen LogP contribution in [0.15, 0.2) is 53.6 Å². The Hall–Kier alpha value is -3.27. The Kier molecular flexibility index (Phi) is 6.32. The van der Waals surface area contributed by atoms with Gasteiger partial charge in [-0.15, -0.1) is 0 Å². The zero-order chi connectivity index (χ0) is 23.7. The molecule has 2 aliphatic heterocycles. The number of amides is 2. The number of hydrogen-bond donors (Lipinski definition) is 2. The molecule has 2 saturated heterocycles. The van der Waals surface area contributed by atoms with Gasteiger partial charge in [0.2, 0.25) is 0 Å². The monoisotopic (exact) mass is 478 g/mol. The molecule has 34 heavy (non-hydrogen) atoms. The molecule has 0 unspecified atom stereocenters. The van der Waals surface area contributed by atoms with Crippen LogP contribution in [0.1, 0.15) is 5.56 Å². The molecule has 174 valence electrons. The fourth-order valence-corrected chi connectivity index (χ4v) is 5.04. The number of hydrogen-bond acceptors (Lipinski definition) is 7. The fraction of sp³-hybridized carbons (Fsp3) is 0.240. The van der Waals surface area contributed by atoms with E-state index >= 15 is 4.39 Å². The minimum atomic E-state index is -0.418. The van der Waals surface area contributed by atoms with Crippen LogP contribution < -0.4 is 10.2 Å². The number of thioether (sulfide) groups is 1. The lowest BCUT2D eigenvalue weighted by molar-refractivity contribution is -0.115. The third-order valence-corrected chi connectivity index (χ3v) is 6.89. The number of carbonyl (C=O) groups excluding carboxylic acids is 2. The van der Waals surface area contributed by atoms with Crippen LogP contribution in [0.2, 0.25) is 0 Å². The smallest absolute Gasteiger partial charge is 0.290 e. The van der Waals surface area contributed by atoms with Crippen molar-refractivity contribution in [1.29, 1.82) is 0 Å². The Labute approximate surface area is 200 Å². The molecule has 3 heterocycles. The molecule has 0 bridgehead atoms. The van der Waals surface area contributed by atoms with Crippen LogP contribution in [0.3, 0.4) is 0 Å². The van der Waals surface area contributed by atoms with Gasteiger partial charge in [0.25, 0.3) is 11.1 Å². The van der Waals surface area contributed by atoms with Gasteiger partial charge in [-0.25, -0.2) is 4.39 Å². The number of piperazine rings is 1. The van der Waals surface area contributed by atoms with E-state index < -0.39 is 11.1 Å². The summed E-state index contributed by atoms with van der Waals surface area (Å²) in [5.41, 5.74) is 3.59. The summed E-state index contributed by atoms with van der Waals surface area (Å²) >= 11 is 0.858. The summed E-state index contributed by atoms with van der Waals surface area (Å²) in [5.74, 6) is -0.702. The lowest BCUT2D eigenvalue weighted by Gasteiger charge is -2.36. The van der Waals surface area contributed by atoms with Gasteiger partial charge in [0, 0.05) is 44.3 Å². The number of benzene rings is 2. The summed E-state index contributed by atoms with van der Waals surface area (Å²) < 4.78 is 15.2. The Bertz CT molecular complexity index is 1300. The molecule has 5 rings (SSSR count). The van der Waals surface area contributed by atoms with Crippen molar-refractivity contribution in [3.8, 4) is 11.1 Å². The molecule has 0 saturated carbocycles. The summed E-state index contributed by atoms with van der Waals surface area (Å²) in [6, 6.07) is 12.9. The average molecular weight is 479 g/mol. The van der Waals surface area contributed by atoms with Crippen molar-refractivity contribution in [2.75, 3.05) is 44.2 Å². The van der Waals surface area contributed by atoms with Crippen molar-refractivity contribution in [2.45, 2.75) is 0 Å². The molecular formula is C25H23FN4O3S. The molecule has 0 aliphatic carbocycles. The molecule has 2 amide bonds. The summed E-state index contributed by atoms with van der Waals surface area (Å²) in [6.45, 7) is 3.77. The molecule has 9 heteroatoms. The summed E-state index contributed by atoms with van der Waals surface area (Å²) in [6.07, 6.45) is 3.28. The van der Waals surface area contributed by atoms with E-state index in [4.69, 9.17) is 5.11 Å². The van der Waals surface area contributed by atoms with E-state index in [1.165, 1.54) is 0 Å². The van der Waals surface area contributed by atoms with E-state index in [0.29, 0.717) is 35.8 Å². The molecule has 7 nitrogen and oxygen atoms in total. The van der Waals surface area contributed by atoms with Gasteiger partial charge in [-0.2, -0.15) is 0 Å². The van der Waals surface area contributed by atoms with Crippen LogP contribution in [-0.4, -0.2) is 65.5 Å². The first-order valence-electron chi connectivity index (χ1n) is 11.0. The predicted molar refractivity (Wildman–Crippen MR) is 132 cm³/mol. The number of nitrogens with one attached hydrogen (secondary N) is 1. The third kappa shape index (κ3) is 4.54. The number of fused-ring (bicyclic) bond motifs is 1. The molecule has 0 atom stereocenters. The second-order valence-electron chi connectivity index (χ2n) is 8.21. The molecule has 2 fully saturated rings. The largest absolute Gasteiger partial charge is 0.395 e. The average Bonchev–Trinajstić information content (AvgIpc) is 3.15. The number of aliphatic hydroxyl groups excluding tert-OH is 1. The molecule has 3 aromatic rings. The Balaban J connectivity index is 1.45. The van der Waals surface area contributed by atoms with Crippen molar-refractivity contribution in [3.05, 3.63) is 64.9 Å². The van der Waals surface area contributed by atoms with Crippen LogP contribution in [0.5, 0.6) is 0 Å². The van der Waals surface area contributed by atoms with Crippen LogP contribution in [0.4, 0.5) is 14.9 Å². The summed E-state index contributed by atoms with van der Waals surface area (Å²) in [5, 5.41) is 11.8. The number of halogens is 1. The lowest BCUT2D eigenvalue weighted by Crippen LogP contribution is -2.47. The van der Waals surface area contributed by atoms with E-state index in [2.05, 4.69) is 15.2 Å². The Morgan fingerprint density at radius 1 is 1.12 bits per heavy atom. The van der Waals surface area contributed by atoms with Crippen molar-refractivity contribution < 1.29 is 19.1 Å². The number of carbonyl (C=O) groups is 2. The van der Waals surface area contributed by atoms with Gasteiger partial charge in [0.1, 0.15) is 5.82 Å². The number of β-amino-alcohol motifs (C(OH)–C–C–N with tert-alkyl or cyclic N) is 1. The van der Waals surface area contributed by atoms with E-state index in [1.807, 2.05) is 41.3 Å². The highest BCUT2D eigenvalue weighted by Gasteiger charge is 2.25. The topological polar surface area (TPSA) is 85.8 Å². The van der Waals surface area contributed by atoms with Crippen LogP contribution in [0, 0.1) is 5.82 Å². The predicted octanol–water partition coefficient (Wildman–Crippen LogP) is 3.48. The Morgan fingerprint density at radius 2 is 1.94 bits per heavy atom. The van der Waals surface area contributed by atoms with Crippen LogP contribution >= 0.6 is 11.8 Å². The van der Waals surface area contributed by atoms with Crippen molar-refractivity contribution >= 4 is 45.6 Å². The lowest BCUT2D eigenvalue weighted by atomic mass is 9.99. The maximum Gasteiger partial charge on any atom is 0.290 e. The van der Waals surface area contributed by atoms with Crippen LogP contribution in [-0.2, 0) is 4.79 Å². The molecule has 2 aromatic carbocycles. The van der Waals surface area contributed by atoms with Crippen molar-refractivity contribution in [3.63, 3.8) is 0 Å². The number of rotatable bonds is 5. The standard InChI is InChI=1S/C25H23FN4O3S/c26-20-14-17(4-5-22(20)30-8-6-29(7-9-30)10-11-31)18-2-1-3-21-19(18)12-16(15-27-21)13-23-24(32)28-25(33)34-23/h1-5,12-15,31H,6-11H2,(H,28,32,33)/b23-13-. The molecule has 2 N–H and O–H groups in total. The maximum absolute atomic E-state index is 15.2. The minimum Gasteiger partial charge on any atom is -0.395 e. The molecule has 2 aliphatic rings. The SMILES string of the molecule is O=C1NC(=O)/C(=C/c2cnc3cccc(-c4ccc(N5CCN(CCO)CC5)c(F)c4)c3c2)S1. The highest BCUT2D eigenvalue weighted by molar-refractivity contribution is 8.18. The van der Waals surface area contributed by atoms with Crippen molar-refractivity contribution in [1.82, 2.24) is 15.2 Å². The van der Waals surface area contributed by atoms with Gasteiger partial charge in [0.15, 0.2) is 0 Å². The highest BCUT2D eigenvalue weighted by Crippen LogP contribution is 2.33. The molecule has 0 spiro atoms. The van der Waals surface area contributed by atoms with Crippen LogP contribution in [0.25, 0.3) is 28.1 Å². The first-order valence-corrected chi connectivity index (χ1v) is 11.9. The second kappa shape index (κ2) is 9.54. The van der Waals surface area contributed by atoms with Gasteiger partial charge in [0.05, 0.1) is 22.7 Å². The fourth-order valence-electron chi connectivity index (χ4n) is 4.35. The van der Waals surface area contributed by atoms with Gasteiger partial charge in [-0.05, 0) is 58.8 Å². The molecule has 1 aromatic heterocycles. The summed E-state index contributed by atoms with van der Waals surface area (Å²) in [4.78, 5) is 32.4. The van der Waals surface area contributed by atoms with Crippen molar-refractivity contribution in [2.24, 2.45) is 0 Å². The van der Waals surface area contributed by atoms with E-state index in [9.17, 15) is 9.59 Å². The molecule has 0 radical (unpaired) electrons. The first-order chi connectivity index (χ1) is 16.5. The third-order valence-electron chi connectivity index (χ3n) is 6.07. The zero-order valence-electron chi connectivity index (χ0n) is 18.3. The number of imide groups is 1. The summed E-state index contributed by atoms with van der Waals surface area (Å²) in [7, 11) is 0. The van der Waals surface area contributed by atoms with Gasteiger partial charge in [-0.1, -0.05) is 18.2 Å². The zero-order valence-corrected chi connectivity index (χ0v) is 19.1. The number of anilines is 1. The quantitative estimate of drug-likeness (QED) is 0.543. The van der Waals surface area contributed by atoms with Gasteiger partial charge < -0.3 is 10.0 Å². The highest BCUT2D eigenvalue weighted by atomic mass is 32.2. The van der Waals surface area contributed by atoms with E-state index in [0.717, 1.165) is 46.9 Å². The van der Waals surface area contributed by atoms with E-state index in [1.54, 1.807) is 18.3 Å². The second-order valence-corrected chi connectivity index (χ2v) is 9.23. The number of nitrogens with zero attached hydrogens (tertiary/aromatic N) is 3. The van der Waals surface area contributed by atoms with Gasteiger partial charge in [-0.3, -0.25) is 24.8 Å². The minimum absolute atomic E-state index is 0.131.